The zero-order valence-electron chi connectivity index (χ0n) is 11.6. The van der Waals surface area contributed by atoms with E-state index in [-0.39, 0.29) is 17.4 Å². The van der Waals surface area contributed by atoms with E-state index in [4.69, 9.17) is 4.52 Å². The van der Waals surface area contributed by atoms with Crippen LogP contribution in [0.1, 0.15) is 40.8 Å². The summed E-state index contributed by atoms with van der Waals surface area (Å²) in [5.41, 5.74) is 0.0509. The highest BCUT2D eigenvalue weighted by molar-refractivity contribution is 5.94. The lowest BCUT2D eigenvalue weighted by Crippen LogP contribution is -2.39. The van der Waals surface area contributed by atoms with Crippen molar-refractivity contribution in [2.45, 2.75) is 25.7 Å². The van der Waals surface area contributed by atoms with E-state index in [9.17, 15) is 9.18 Å². The Bertz CT molecular complexity index is 658. The number of hydrogen-bond donors (Lipinski definition) is 0. The number of nitrogens with zero attached hydrogens (tertiary/aromatic N) is 4. The van der Waals surface area contributed by atoms with Crippen molar-refractivity contribution in [3.63, 3.8) is 0 Å². The lowest BCUT2D eigenvalue weighted by Gasteiger charge is -2.31. The van der Waals surface area contributed by atoms with E-state index in [0.29, 0.717) is 24.8 Å². The predicted octanol–water partition coefficient (Wildman–Crippen LogP) is 1.93. The van der Waals surface area contributed by atoms with Gasteiger partial charge in [-0.3, -0.25) is 9.78 Å². The Hall–Kier alpha value is -2.31. The van der Waals surface area contributed by atoms with E-state index < -0.39 is 5.82 Å². The molecule has 7 heteroatoms. The maximum Gasteiger partial charge on any atom is 0.256 e. The van der Waals surface area contributed by atoms with Crippen LogP contribution < -0.4 is 0 Å². The van der Waals surface area contributed by atoms with Crippen LogP contribution in [0, 0.1) is 12.7 Å². The molecule has 110 valence electrons. The number of halogens is 1. The topological polar surface area (TPSA) is 72.1 Å². The molecule has 0 radical (unpaired) electrons. The highest BCUT2D eigenvalue weighted by Gasteiger charge is 2.29. The number of carbonyl (C=O) groups excluding carboxylic acids is 1. The SMILES string of the molecule is Cc1nc([C@@H]2CCCN(C(=O)c3ccncc3F)C2)no1. The van der Waals surface area contributed by atoms with Gasteiger partial charge < -0.3 is 9.42 Å². The molecule has 1 aliphatic heterocycles. The second-order valence-electron chi connectivity index (χ2n) is 5.12. The molecule has 3 rings (SSSR count). The Morgan fingerprint density at radius 2 is 2.38 bits per heavy atom. The van der Waals surface area contributed by atoms with Gasteiger partial charge in [0, 0.05) is 32.1 Å². The van der Waals surface area contributed by atoms with Gasteiger partial charge in [0.25, 0.3) is 5.91 Å². The van der Waals surface area contributed by atoms with Gasteiger partial charge in [0.05, 0.1) is 11.8 Å². The van der Waals surface area contributed by atoms with E-state index >= 15 is 0 Å². The second kappa shape index (κ2) is 5.59. The Balaban J connectivity index is 1.77. The first-order valence-electron chi connectivity index (χ1n) is 6.84. The van der Waals surface area contributed by atoms with Gasteiger partial charge in [-0.25, -0.2) is 4.39 Å². The molecule has 3 heterocycles. The zero-order valence-corrected chi connectivity index (χ0v) is 11.6. The molecule has 1 fully saturated rings. The van der Waals surface area contributed by atoms with E-state index in [1.165, 1.54) is 12.3 Å². The number of pyridine rings is 1. The summed E-state index contributed by atoms with van der Waals surface area (Å²) in [5.74, 6) is 0.235. The van der Waals surface area contributed by atoms with E-state index in [1.807, 2.05) is 0 Å². The number of amides is 1. The quantitative estimate of drug-likeness (QED) is 0.845. The number of piperidine rings is 1. The molecule has 0 unspecified atom stereocenters. The van der Waals surface area contributed by atoms with Crippen LogP contribution >= 0.6 is 0 Å². The standard InChI is InChI=1S/C14H15FN4O2/c1-9-17-13(18-21-9)10-3-2-6-19(8-10)14(20)11-4-5-16-7-12(11)15/h4-5,7,10H,2-3,6,8H2,1H3/t10-/m1/s1. The summed E-state index contributed by atoms with van der Waals surface area (Å²) < 4.78 is 18.7. The molecule has 21 heavy (non-hydrogen) atoms. The number of aryl methyl sites for hydroxylation is 1. The van der Waals surface area contributed by atoms with Crippen molar-refractivity contribution in [2.75, 3.05) is 13.1 Å². The molecule has 2 aromatic rings. The number of aromatic nitrogens is 3. The second-order valence-corrected chi connectivity index (χ2v) is 5.12. The predicted molar refractivity (Wildman–Crippen MR) is 71.1 cm³/mol. The van der Waals surface area contributed by atoms with Gasteiger partial charge in [0.1, 0.15) is 0 Å². The van der Waals surface area contributed by atoms with Crippen molar-refractivity contribution >= 4 is 5.91 Å². The average Bonchev–Trinajstić information content (AvgIpc) is 2.94. The van der Waals surface area contributed by atoms with Gasteiger partial charge >= 0.3 is 0 Å². The van der Waals surface area contributed by atoms with Gasteiger partial charge in [-0.2, -0.15) is 4.98 Å². The summed E-state index contributed by atoms with van der Waals surface area (Å²) in [7, 11) is 0. The lowest BCUT2D eigenvalue weighted by atomic mass is 9.97. The smallest absolute Gasteiger partial charge is 0.256 e. The van der Waals surface area contributed by atoms with Crippen molar-refractivity contribution in [3.8, 4) is 0 Å². The first-order valence-corrected chi connectivity index (χ1v) is 6.84. The van der Waals surface area contributed by atoms with Gasteiger partial charge in [-0.1, -0.05) is 5.16 Å². The maximum absolute atomic E-state index is 13.7. The molecule has 0 N–H and O–H groups in total. The fraction of sp³-hybridized carbons (Fsp3) is 0.429. The summed E-state index contributed by atoms with van der Waals surface area (Å²) in [4.78, 5) is 21.9. The summed E-state index contributed by atoms with van der Waals surface area (Å²) in [6, 6.07) is 1.40. The molecule has 0 saturated carbocycles. The Morgan fingerprint density at radius 1 is 1.52 bits per heavy atom. The minimum atomic E-state index is -0.597. The first-order chi connectivity index (χ1) is 10.1. The van der Waals surface area contributed by atoms with Crippen LogP contribution in [0.15, 0.2) is 23.0 Å². The van der Waals surface area contributed by atoms with Crippen molar-refractivity contribution in [1.29, 1.82) is 0 Å². The Kier molecular flexibility index (Phi) is 3.64. The number of likely N-dealkylation sites (tertiary alicyclic amines) is 1. The largest absolute Gasteiger partial charge is 0.340 e. The fourth-order valence-electron chi connectivity index (χ4n) is 2.57. The Morgan fingerprint density at radius 3 is 3.10 bits per heavy atom. The minimum absolute atomic E-state index is 0.0325. The third kappa shape index (κ3) is 2.76. The van der Waals surface area contributed by atoms with E-state index in [2.05, 4.69) is 15.1 Å². The maximum atomic E-state index is 13.7. The summed E-state index contributed by atoms with van der Waals surface area (Å²) in [6.07, 6.45) is 4.19. The first kappa shape index (κ1) is 13.7. The molecular weight excluding hydrogens is 275 g/mol. The van der Waals surface area contributed by atoms with Crippen LogP contribution in [0.3, 0.4) is 0 Å². The number of hydrogen-bond acceptors (Lipinski definition) is 5. The molecule has 0 aliphatic carbocycles. The molecule has 6 nitrogen and oxygen atoms in total. The Labute approximate surface area is 121 Å². The lowest BCUT2D eigenvalue weighted by molar-refractivity contribution is 0.0698. The van der Waals surface area contributed by atoms with Crippen LogP contribution in [0.4, 0.5) is 4.39 Å². The summed E-state index contributed by atoms with van der Waals surface area (Å²) >= 11 is 0. The third-order valence-corrected chi connectivity index (χ3v) is 3.62. The number of carbonyl (C=O) groups is 1. The van der Waals surface area contributed by atoms with Crippen molar-refractivity contribution in [1.82, 2.24) is 20.0 Å². The molecule has 1 atom stereocenters. The van der Waals surface area contributed by atoms with Crippen molar-refractivity contribution in [3.05, 3.63) is 41.6 Å². The molecule has 1 aliphatic rings. The van der Waals surface area contributed by atoms with Crippen LogP contribution in [-0.2, 0) is 0 Å². The van der Waals surface area contributed by atoms with Crippen LogP contribution in [0.25, 0.3) is 0 Å². The molecule has 0 bridgehead atoms. The van der Waals surface area contributed by atoms with Crippen LogP contribution in [-0.4, -0.2) is 39.0 Å². The van der Waals surface area contributed by atoms with Crippen molar-refractivity contribution in [2.24, 2.45) is 0 Å². The van der Waals surface area contributed by atoms with Crippen LogP contribution in [0.5, 0.6) is 0 Å². The van der Waals surface area contributed by atoms with Crippen LogP contribution in [0.2, 0.25) is 0 Å². The zero-order chi connectivity index (χ0) is 14.8. The molecule has 1 amide bonds. The summed E-state index contributed by atoms with van der Waals surface area (Å²) in [5, 5.41) is 3.92. The molecule has 1 saturated heterocycles. The summed E-state index contributed by atoms with van der Waals surface area (Å²) in [6.45, 7) is 2.81. The van der Waals surface area contributed by atoms with Crippen molar-refractivity contribution < 1.29 is 13.7 Å². The van der Waals surface area contributed by atoms with Gasteiger partial charge in [0.15, 0.2) is 11.6 Å². The minimum Gasteiger partial charge on any atom is -0.340 e. The van der Waals surface area contributed by atoms with E-state index in [0.717, 1.165) is 19.0 Å². The van der Waals surface area contributed by atoms with Gasteiger partial charge in [0.2, 0.25) is 5.89 Å². The molecule has 2 aromatic heterocycles. The fourth-order valence-corrected chi connectivity index (χ4v) is 2.57. The monoisotopic (exact) mass is 290 g/mol. The van der Waals surface area contributed by atoms with E-state index in [1.54, 1.807) is 11.8 Å². The molecule has 0 aromatic carbocycles. The van der Waals surface area contributed by atoms with Gasteiger partial charge in [-0.15, -0.1) is 0 Å². The highest BCUT2D eigenvalue weighted by atomic mass is 19.1. The molecule has 0 spiro atoms. The highest BCUT2D eigenvalue weighted by Crippen LogP contribution is 2.26. The third-order valence-electron chi connectivity index (χ3n) is 3.62. The number of rotatable bonds is 2. The average molecular weight is 290 g/mol. The van der Waals surface area contributed by atoms with Gasteiger partial charge in [-0.05, 0) is 18.9 Å². The normalized spacial score (nSPS) is 18.8. The molecular formula is C14H15FN4O2.